The fraction of sp³-hybridized carbons (Fsp3) is 0. The van der Waals surface area contributed by atoms with Crippen LogP contribution >= 0.6 is 23.2 Å². The lowest BCUT2D eigenvalue weighted by molar-refractivity contribution is -0.383. The number of nitro groups is 1. The lowest BCUT2D eigenvalue weighted by atomic mass is 10.1. The van der Waals surface area contributed by atoms with Crippen LogP contribution in [0.4, 0.5) is 5.69 Å². The maximum absolute atomic E-state index is 11.3. The molecule has 2 aromatic carbocycles. The molecule has 3 rings (SSSR count). The van der Waals surface area contributed by atoms with Gasteiger partial charge in [0.25, 0.3) is 5.69 Å². The molecule has 0 saturated heterocycles. The van der Waals surface area contributed by atoms with Crippen LogP contribution in [0.1, 0.15) is 0 Å². The number of aromatic nitrogens is 1. The molecule has 0 fully saturated rings. The van der Waals surface area contributed by atoms with E-state index in [4.69, 9.17) is 23.2 Å². The quantitative estimate of drug-likeness (QED) is 0.487. The lowest BCUT2D eigenvalue weighted by Crippen LogP contribution is -1.94. The predicted octanol–water partition coefficient (Wildman–Crippen LogP) is 5.12. The van der Waals surface area contributed by atoms with E-state index in [0.29, 0.717) is 32.2 Å². The van der Waals surface area contributed by atoms with Crippen molar-refractivity contribution in [2.75, 3.05) is 0 Å². The van der Waals surface area contributed by atoms with Gasteiger partial charge in [-0.05, 0) is 30.3 Å². The van der Waals surface area contributed by atoms with E-state index in [1.807, 2.05) is 0 Å². The first-order valence-electron chi connectivity index (χ1n) is 6.06. The van der Waals surface area contributed by atoms with E-state index in [1.54, 1.807) is 42.5 Å². The van der Waals surface area contributed by atoms with Crippen molar-refractivity contribution in [1.29, 1.82) is 0 Å². The summed E-state index contributed by atoms with van der Waals surface area (Å²) >= 11 is 12.0. The van der Waals surface area contributed by atoms with Gasteiger partial charge in [0.15, 0.2) is 0 Å². The summed E-state index contributed by atoms with van der Waals surface area (Å²) in [5, 5.41) is 12.7. The van der Waals surface area contributed by atoms with Crippen molar-refractivity contribution in [2.24, 2.45) is 0 Å². The van der Waals surface area contributed by atoms with Gasteiger partial charge in [-0.15, -0.1) is 0 Å². The highest BCUT2D eigenvalue weighted by atomic mass is 35.5. The molecule has 1 heterocycles. The number of benzene rings is 2. The van der Waals surface area contributed by atoms with Crippen molar-refractivity contribution in [2.45, 2.75) is 0 Å². The summed E-state index contributed by atoms with van der Waals surface area (Å²) in [5.41, 5.74) is 1.60. The topological polar surface area (TPSA) is 56.0 Å². The molecule has 0 atom stereocenters. The van der Waals surface area contributed by atoms with Crippen LogP contribution in [0.15, 0.2) is 48.5 Å². The molecular formula is C15H8Cl2N2O2. The number of halogens is 2. The van der Waals surface area contributed by atoms with Crippen LogP contribution in [0.2, 0.25) is 10.0 Å². The Morgan fingerprint density at radius 1 is 1.05 bits per heavy atom. The maximum Gasteiger partial charge on any atom is 0.280 e. The lowest BCUT2D eigenvalue weighted by Gasteiger charge is -2.06. The third-order valence-corrected chi connectivity index (χ3v) is 3.65. The minimum absolute atomic E-state index is 0.00150. The molecule has 0 aliphatic heterocycles. The minimum Gasteiger partial charge on any atom is -0.258 e. The summed E-state index contributed by atoms with van der Waals surface area (Å²) in [6, 6.07) is 13.3. The molecular weight excluding hydrogens is 311 g/mol. The summed E-state index contributed by atoms with van der Waals surface area (Å²) in [5.74, 6) is 0. The zero-order valence-corrected chi connectivity index (χ0v) is 12.1. The monoisotopic (exact) mass is 318 g/mol. The van der Waals surface area contributed by atoms with Crippen LogP contribution in [0.5, 0.6) is 0 Å². The zero-order chi connectivity index (χ0) is 15.0. The third kappa shape index (κ3) is 2.55. The van der Waals surface area contributed by atoms with Crippen LogP contribution in [0, 0.1) is 10.1 Å². The summed E-state index contributed by atoms with van der Waals surface area (Å²) in [6.07, 6.45) is 0. The van der Waals surface area contributed by atoms with E-state index in [9.17, 15) is 10.1 Å². The number of nitrogens with zero attached hydrogens (tertiary/aromatic N) is 2. The zero-order valence-electron chi connectivity index (χ0n) is 10.6. The van der Waals surface area contributed by atoms with Gasteiger partial charge in [0.05, 0.1) is 26.5 Å². The van der Waals surface area contributed by atoms with Gasteiger partial charge in [0, 0.05) is 16.7 Å². The number of fused-ring (bicyclic) bond motifs is 1. The second kappa shape index (κ2) is 5.31. The van der Waals surface area contributed by atoms with Crippen molar-refractivity contribution in [1.82, 2.24) is 4.98 Å². The van der Waals surface area contributed by atoms with Crippen LogP contribution in [0.3, 0.4) is 0 Å². The number of para-hydroxylation sites is 1. The molecule has 0 amide bonds. The second-order valence-corrected chi connectivity index (χ2v) is 5.27. The molecule has 0 aliphatic carbocycles. The molecule has 0 unspecified atom stereocenters. The largest absolute Gasteiger partial charge is 0.280 e. The molecule has 0 saturated carbocycles. The van der Waals surface area contributed by atoms with Crippen molar-refractivity contribution < 1.29 is 4.92 Å². The number of pyridine rings is 1. The highest BCUT2D eigenvalue weighted by Crippen LogP contribution is 2.34. The van der Waals surface area contributed by atoms with E-state index in [1.165, 1.54) is 6.07 Å². The van der Waals surface area contributed by atoms with Gasteiger partial charge in [0.1, 0.15) is 0 Å². The Kier molecular flexibility index (Phi) is 3.49. The Hall–Kier alpha value is -2.17. The first-order chi connectivity index (χ1) is 10.1. The van der Waals surface area contributed by atoms with Crippen molar-refractivity contribution in [3.63, 3.8) is 0 Å². The Morgan fingerprint density at radius 3 is 2.52 bits per heavy atom. The molecule has 0 bridgehead atoms. The fourth-order valence-electron chi connectivity index (χ4n) is 2.14. The Bertz CT molecular complexity index is 865. The van der Waals surface area contributed by atoms with E-state index in [2.05, 4.69) is 4.98 Å². The molecule has 4 nitrogen and oxygen atoms in total. The van der Waals surface area contributed by atoms with Crippen LogP contribution in [-0.4, -0.2) is 9.91 Å². The van der Waals surface area contributed by atoms with Gasteiger partial charge >= 0.3 is 0 Å². The summed E-state index contributed by atoms with van der Waals surface area (Å²) in [6.45, 7) is 0. The predicted molar refractivity (Wildman–Crippen MR) is 83.9 cm³/mol. The average Bonchev–Trinajstić information content (AvgIpc) is 2.46. The molecule has 6 heteroatoms. The maximum atomic E-state index is 11.3. The smallest absolute Gasteiger partial charge is 0.258 e. The number of hydrogen-bond donors (Lipinski definition) is 0. The normalized spacial score (nSPS) is 10.8. The van der Waals surface area contributed by atoms with Gasteiger partial charge in [-0.1, -0.05) is 35.3 Å². The van der Waals surface area contributed by atoms with E-state index in [-0.39, 0.29) is 5.69 Å². The second-order valence-electron chi connectivity index (χ2n) is 4.43. The summed E-state index contributed by atoms with van der Waals surface area (Å²) in [7, 11) is 0. The van der Waals surface area contributed by atoms with Gasteiger partial charge in [-0.25, -0.2) is 4.98 Å². The SMILES string of the molecule is O=[N+]([O-])c1cc(-c2ccc(Cl)cc2Cl)nc2ccccc12. The van der Waals surface area contributed by atoms with Crippen LogP contribution < -0.4 is 0 Å². The minimum atomic E-state index is -0.419. The van der Waals surface area contributed by atoms with Crippen LogP contribution in [0.25, 0.3) is 22.2 Å². The van der Waals surface area contributed by atoms with E-state index < -0.39 is 4.92 Å². The molecule has 0 aliphatic rings. The number of hydrogen-bond acceptors (Lipinski definition) is 3. The molecule has 0 radical (unpaired) electrons. The average molecular weight is 319 g/mol. The van der Waals surface area contributed by atoms with Crippen molar-refractivity contribution in [3.05, 3.63) is 68.7 Å². The van der Waals surface area contributed by atoms with Gasteiger partial charge in [0.2, 0.25) is 0 Å². The molecule has 0 spiro atoms. The van der Waals surface area contributed by atoms with E-state index >= 15 is 0 Å². The molecule has 21 heavy (non-hydrogen) atoms. The first-order valence-corrected chi connectivity index (χ1v) is 6.81. The summed E-state index contributed by atoms with van der Waals surface area (Å²) < 4.78 is 0. The van der Waals surface area contributed by atoms with Gasteiger partial charge in [-0.3, -0.25) is 10.1 Å². The Labute approximate surface area is 130 Å². The van der Waals surface area contributed by atoms with Crippen molar-refractivity contribution >= 4 is 39.8 Å². The molecule has 1 aromatic heterocycles. The Balaban J connectivity index is 2.31. The van der Waals surface area contributed by atoms with Crippen LogP contribution in [-0.2, 0) is 0 Å². The van der Waals surface area contributed by atoms with Crippen molar-refractivity contribution in [3.8, 4) is 11.3 Å². The van der Waals surface area contributed by atoms with Gasteiger partial charge in [-0.2, -0.15) is 0 Å². The first kappa shape index (κ1) is 13.8. The third-order valence-electron chi connectivity index (χ3n) is 3.10. The van der Waals surface area contributed by atoms with E-state index in [0.717, 1.165) is 0 Å². The molecule has 0 N–H and O–H groups in total. The standard InChI is InChI=1S/C15H8Cl2N2O2/c16-9-5-6-10(12(17)7-9)14-8-15(19(20)21)11-3-1-2-4-13(11)18-14/h1-8H. The molecule has 104 valence electrons. The number of rotatable bonds is 2. The Morgan fingerprint density at radius 2 is 1.81 bits per heavy atom. The highest BCUT2D eigenvalue weighted by Gasteiger charge is 2.16. The van der Waals surface area contributed by atoms with Gasteiger partial charge < -0.3 is 0 Å². The highest BCUT2D eigenvalue weighted by molar-refractivity contribution is 6.36. The fourth-order valence-corrected chi connectivity index (χ4v) is 2.65. The molecule has 3 aromatic rings. The summed E-state index contributed by atoms with van der Waals surface area (Å²) in [4.78, 5) is 15.3.